The number of fused-ring (bicyclic) bond motifs is 6. The van der Waals surface area contributed by atoms with E-state index in [0.717, 1.165) is 33.4 Å². The van der Waals surface area contributed by atoms with Crippen molar-refractivity contribution in [2.24, 2.45) is 15.7 Å². The van der Waals surface area contributed by atoms with Gasteiger partial charge in [-0.25, -0.2) is 4.99 Å². The van der Waals surface area contributed by atoms with Gasteiger partial charge in [0.25, 0.3) is 0 Å². The molecule has 7 aromatic carbocycles. The molecule has 0 unspecified atom stereocenters. The van der Waals surface area contributed by atoms with Crippen molar-refractivity contribution in [3.8, 4) is 27.9 Å². The van der Waals surface area contributed by atoms with Gasteiger partial charge in [-0.15, -0.1) is 0 Å². The van der Waals surface area contributed by atoms with Crippen molar-refractivity contribution in [3.63, 3.8) is 0 Å². The lowest BCUT2D eigenvalue weighted by molar-refractivity contribution is 0.660. The molecule has 0 aliphatic heterocycles. The van der Waals surface area contributed by atoms with Crippen LogP contribution in [0.3, 0.4) is 0 Å². The molecule has 0 saturated carbocycles. The maximum absolute atomic E-state index is 6.58. The Morgan fingerprint density at radius 1 is 0.558 bits per heavy atom. The molecule has 1 aliphatic carbocycles. The minimum atomic E-state index is -0.0495. The van der Waals surface area contributed by atoms with Gasteiger partial charge in [0.2, 0.25) is 0 Å². The van der Waals surface area contributed by atoms with Gasteiger partial charge in [0.1, 0.15) is 5.84 Å². The highest BCUT2D eigenvalue weighted by Crippen LogP contribution is 2.49. The molecule has 0 saturated heterocycles. The Balaban J connectivity index is 1.15. The van der Waals surface area contributed by atoms with Crippen LogP contribution < -0.4 is 5.73 Å². The zero-order valence-electron chi connectivity index (χ0n) is 29.3. The standard InChI is InChI=1S/C48H38N4/c1-48(2)42-22-11-9-20-38(42)39-26-24-35(30-43(39)48)34-25-27-45-41(29-34)40-21-10-12-23-44(40)52(45)37-19-13-18-36(28-37)47(50-31-32-14-5-3-6-15-32)51-46(49)33-16-7-4-8-17-33/h3-30H,31H2,1-2H3,(H2,49,50,51). The average Bonchev–Trinajstić information content (AvgIpc) is 3.65. The molecule has 52 heavy (non-hydrogen) atoms. The number of aromatic nitrogens is 1. The molecule has 0 atom stereocenters. The average molecular weight is 671 g/mol. The quantitative estimate of drug-likeness (QED) is 0.139. The fourth-order valence-corrected chi connectivity index (χ4v) is 7.83. The van der Waals surface area contributed by atoms with Crippen molar-refractivity contribution < 1.29 is 0 Å². The van der Waals surface area contributed by atoms with E-state index in [-0.39, 0.29) is 5.41 Å². The number of nitrogens with two attached hydrogens (primary N) is 1. The van der Waals surface area contributed by atoms with Crippen molar-refractivity contribution in [1.82, 2.24) is 4.57 Å². The molecule has 8 aromatic rings. The number of amidine groups is 2. The van der Waals surface area contributed by atoms with Crippen LogP contribution in [-0.4, -0.2) is 16.2 Å². The molecule has 2 N–H and O–H groups in total. The van der Waals surface area contributed by atoms with Crippen LogP contribution in [-0.2, 0) is 12.0 Å². The first-order valence-electron chi connectivity index (χ1n) is 17.8. The topological polar surface area (TPSA) is 55.7 Å². The van der Waals surface area contributed by atoms with E-state index in [1.54, 1.807) is 0 Å². The Kier molecular flexibility index (Phi) is 7.66. The highest BCUT2D eigenvalue weighted by Gasteiger charge is 2.35. The summed E-state index contributed by atoms with van der Waals surface area (Å²) in [5.41, 5.74) is 20.6. The van der Waals surface area contributed by atoms with E-state index < -0.39 is 0 Å². The molecular formula is C48H38N4. The van der Waals surface area contributed by atoms with Crippen LogP contribution in [0.5, 0.6) is 0 Å². The van der Waals surface area contributed by atoms with Gasteiger partial charge in [-0.05, 0) is 75.3 Å². The summed E-state index contributed by atoms with van der Waals surface area (Å²) in [5, 5.41) is 2.42. The van der Waals surface area contributed by atoms with Crippen LogP contribution in [0, 0.1) is 0 Å². The zero-order chi connectivity index (χ0) is 35.2. The summed E-state index contributed by atoms with van der Waals surface area (Å²) in [6, 6.07) is 59.9. The molecule has 9 rings (SSSR count). The molecule has 1 aromatic heterocycles. The summed E-state index contributed by atoms with van der Waals surface area (Å²) in [7, 11) is 0. The van der Waals surface area contributed by atoms with Crippen LogP contribution >= 0.6 is 0 Å². The third-order valence-corrected chi connectivity index (χ3v) is 10.5. The molecule has 0 spiro atoms. The third kappa shape index (κ3) is 5.41. The zero-order valence-corrected chi connectivity index (χ0v) is 29.3. The van der Waals surface area contributed by atoms with Gasteiger partial charge in [-0.3, -0.25) is 4.99 Å². The summed E-state index contributed by atoms with van der Waals surface area (Å²) < 4.78 is 2.35. The number of rotatable bonds is 6. The molecular weight excluding hydrogens is 633 g/mol. The number of aliphatic imine (C=N–C) groups is 2. The number of para-hydroxylation sites is 1. The molecule has 0 radical (unpaired) electrons. The summed E-state index contributed by atoms with van der Waals surface area (Å²) in [4.78, 5) is 9.92. The molecule has 250 valence electrons. The Labute approximate surface area is 304 Å². The molecule has 0 amide bonds. The Hall–Kier alpha value is -6.52. The largest absolute Gasteiger partial charge is 0.383 e. The Bertz CT molecular complexity index is 2680. The SMILES string of the molecule is CC1(C)c2ccccc2-c2ccc(-c3ccc4c(c3)c3ccccc3n4-c3cccc(C(N=C(N)c4ccccc4)=NCc4ccccc4)c3)cc21. The summed E-state index contributed by atoms with van der Waals surface area (Å²) in [6.07, 6.45) is 0. The molecule has 4 nitrogen and oxygen atoms in total. The molecule has 0 fully saturated rings. The van der Waals surface area contributed by atoms with Crippen LogP contribution in [0.4, 0.5) is 0 Å². The summed E-state index contributed by atoms with van der Waals surface area (Å²) in [6.45, 7) is 5.17. The van der Waals surface area contributed by atoms with E-state index in [4.69, 9.17) is 15.7 Å². The van der Waals surface area contributed by atoms with Crippen LogP contribution in [0.1, 0.15) is 41.7 Å². The maximum atomic E-state index is 6.58. The smallest absolute Gasteiger partial charge is 0.157 e. The second-order valence-corrected chi connectivity index (χ2v) is 14.1. The van der Waals surface area contributed by atoms with Gasteiger partial charge < -0.3 is 10.3 Å². The first-order chi connectivity index (χ1) is 25.5. The molecule has 1 heterocycles. The highest BCUT2D eigenvalue weighted by atomic mass is 15.0. The lowest BCUT2D eigenvalue weighted by Crippen LogP contribution is -2.16. The van der Waals surface area contributed by atoms with Gasteiger partial charge in [-0.1, -0.05) is 147 Å². The maximum Gasteiger partial charge on any atom is 0.157 e. The predicted octanol–water partition coefficient (Wildman–Crippen LogP) is 11.1. The number of nitrogens with zero attached hydrogens (tertiary/aromatic N) is 3. The van der Waals surface area contributed by atoms with Crippen molar-refractivity contribution in [2.45, 2.75) is 25.8 Å². The van der Waals surface area contributed by atoms with Gasteiger partial charge in [0, 0.05) is 33.0 Å². The summed E-state index contributed by atoms with van der Waals surface area (Å²) in [5.74, 6) is 1.03. The fraction of sp³-hybridized carbons (Fsp3) is 0.0833. The Morgan fingerprint density at radius 2 is 1.21 bits per heavy atom. The monoisotopic (exact) mass is 670 g/mol. The third-order valence-electron chi connectivity index (χ3n) is 10.5. The Morgan fingerprint density at radius 3 is 2.06 bits per heavy atom. The van der Waals surface area contributed by atoms with Gasteiger partial charge in [0.15, 0.2) is 5.84 Å². The van der Waals surface area contributed by atoms with Crippen molar-refractivity contribution in [2.75, 3.05) is 0 Å². The van der Waals surface area contributed by atoms with Crippen molar-refractivity contribution >= 4 is 33.5 Å². The van der Waals surface area contributed by atoms with Crippen molar-refractivity contribution in [1.29, 1.82) is 0 Å². The van der Waals surface area contributed by atoms with E-state index in [1.807, 2.05) is 48.5 Å². The van der Waals surface area contributed by atoms with Crippen LogP contribution in [0.2, 0.25) is 0 Å². The van der Waals surface area contributed by atoms with Crippen LogP contribution in [0.25, 0.3) is 49.7 Å². The molecule has 1 aliphatic rings. The first-order valence-corrected chi connectivity index (χ1v) is 17.8. The highest BCUT2D eigenvalue weighted by molar-refractivity contribution is 6.12. The lowest BCUT2D eigenvalue weighted by Gasteiger charge is -2.22. The van der Waals surface area contributed by atoms with E-state index in [0.29, 0.717) is 18.2 Å². The van der Waals surface area contributed by atoms with E-state index in [2.05, 4.69) is 140 Å². The molecule has 0 bridgehead atoms. The minimum absolute atomic E-state index is 0.0495. The summed E-state index contributed by atoms with van der Waals surface area (Å²) >= 11 is 0. The number of hydrogen-bond donors (Lipinski definition) is 1. The van der Waals surface area contributed by atoms with Crippen molar-refractivity contribution in [3.05, 3.63) is 198 Å². The van der Waals surface area contributed by atoms with E-state index >= 15 is 0 Å². The fourth-order valence-electron chi connectivity index (χ4n) is 7.83. The number of hydrogen-bond acceptors (Lipinski definition) is 1. The van der Waals surface area contributed by atoms with Gasteiger partial charge >= 0.3 is 0 Å². The van der Waals surface area contributed by atoms with E-state index in [1.165, 1.54) is 44.2 Å². The van der Waals surface area contributed by atoms with E-state index in [9.17, 15) is 0 Å². The second kappa shape index (κ2) is 12.7. The number of benzene rings is 7. The van der Waals surface area contributed by atoms with Crippen LogP contribution in [0.15, 0.2) is 180 Å². The van der Waals surface area contributed by atoms with Gasteiger partial charge in [-0.2, -0.15) is 0 Å². The molecule has 4 heteroatoms. The normalized spacial score (nSPS) is 13.7. The predicted molar refractivity (Wildman–Crippen MR) is 218 cm³/mol. The minimum Gasteiger partial charge on any atom is -0.383 e. The second-order valence-electron chi connectivity index (χ2n) is 14.1. The lowest BCUT2D eigenvalue weighted by atomic mass is 9.81. The van der Waals surface area contributed by atoms with Gasteiger partial charge in [0.05, 0.1) is 17.6 Å². The first kappa shape index (κ1) is 31.5.